The van der Waals surface area contributed by atoms with Crippen LogP contribution in [0.1, 0.15) is 18.2 Å². The molecular formula is C10H12FN2O4. The van der Waals surface area contributed by atoms with Gasteiger partial charge in [0.2, 0.25) is 0 Å². The standard InChI is InChI=1S/C10H12FN2O4/c1-5-3-13(10(16)12-9(5)15)8-2-6(11)7(4-14)17-8/h3-4,6-8,14H,2H2,1H3,(H,12,15,16)/t6?,7-,8-/m1/s1. The Morgan fingerprint density at radius 3 is 2.94 bits per heavy atom. The molecule has 0 amide bonds. The molecule has 0 bridgehead atoms. The molecule has 17 heavy (non-hydrogen) atoms. The molecule has 1 saturated heterocycles. The van der Waals surface area contributed by atoms with E-state index >= 15 is 0 Å². The summed E-state index contributed by atoms with van der Waals surface area (Å²) in [6.07, 6.45) is -1.96. The second-order valence-corrected chi connectivity index (χ2v) is 3.93. The Labute approximate surface area is 95.7 Å². The van der Waals surface area contributed by atoms with Crippen LogP contribution < -0.4 is 11.2 Å². The van der Waals surface area contributed by atoms with Crippen molar-refractivity contribution < 1.29 is 14.2 Å². The summed E-state index contributed by atoms with van der Waals surface area (Å²) in [6.45, 7) is 2.15. The lowest BCUT2D eigenvalue weighted by Gasteiger charge is -2.14. The summed E-state index contributed by atoms with van der Waals surface area (Å²) in [5, 5.41) is 8.73. The van der Waals surface area contributed by atoms with Crippen LogP contribution in [0.25, 0.3) is 0 Å². The van der Waals surface area contributed by atoms with Gasteiger partial charge >= 0.3 is 5.69 Å². The van der Waals surface area contributed by atoms with Crippen LogP contribution in [0.2, 0.25) is 0 Å². The number of halogens is 1. The van der Waals surface area contributed by atoms with Gasteiger partial charge in [-0.25, -0.2) is 9.18 Å². The zero-order valence-electron chi connectivity index (χ0n) is 9.09. The van der Waals surface area contributed by atoms with E-state index in [4.69, 9.17) is 9.84 Å². The van der Waals surface area contributed by atoms with Gasteiger partial charge in [-0.2, -0.15) is 0 Å². The topological polar surface area (TPSA) is 84.3 Å². The molecule has 7 heteroatoms. The first kappa shape index (κ1) is 12.0. The molecule has 0 aromatic carbocycles. The summed E-state index contributed by atoms with van der Waals surface area (Å²) in [5.41, 5.74) is -0.803. The molecule has 2 rings (SSSR count). The van der Waals surface area contributed by atoms with Gasteiger partial charge in [-0.3, -0.25) is 14.3 Å². The molecule has 6 nitrogen and oxygen atoms in total. The van der Waals surface area contributed by atoms with Crippen molar-refractivity contribution in [3.63, 3.8) is 0 Å². The highest BCUT2D eigenvalue weighted by atomic mass is 19.1. The smallest absolute Gasteiger partial charge is 0.330 e. The first-order chi connectivity index (χ1) is 8.02. The number of aliphatic hydroxyl groups is 1. The Balaban J connectivity index is 2.34. The molecule has 0 saturated carbocycles. The number of aryl methyl sites for hydroxylation is 1. The Bertz CT molecular complexity index is 524. The van der Waals surface area contributed by atoms with Crippen molar-refractivity contribution in [2.45, 2.75) is 31.8 Å². The monoisotopic (exact) mass is 243 g/mol. The first-order valence-corrected chi connectivity index (χ1v) is 5.12. The molecule has 1 fully saturated rings. The quantitative estimate of drug-likeness (QED) is 0.766. The van der Waals surface area contributed by atoms with E-state index in [0.29, 0.717) is 12.2 Å². The second-order valence-electron chi connectivity index (χ2n) is 3.93. The Morgan fingerprint density at radius 2 is 2.35 bits per heavy atom. The van der Waals surface area contributed by atoms with Gasteiger partial charge in [-0.1, -0.05) is 0 Å². The van der Waals surface area contributed by atoms with Crippen molar-refractivity contribution in [3.8, 4) is 0 Å². The van der Waals surface area contributed by atoms with Crippen molar-refractivity contribution in [2.75, 3.05) is 0 Å². The maximum absolute atomic E-state index is 13.3. The largest absolute Gasteiger partial charge is 0.387 e. The van der Waals surface area contributed by atoms with Gasteiger partial charge in [0.25, 0.3) is 5.56 Å². The molecule has 1 aromatic rings. The predicted molar refractivity (Wildman–Crippen MR) is 55.7 cm³/mol. The van der Waals surface area contributed by atoms with E-state index in [1.807, 2.05) is 0 Å². The van der Waals surface area contributed by atoms with Crippen LogP contribution in [-0.2, 0) is 4.74 Å². The zero-order chi connectivity index (χ0) is 12.6. The van der Waals surface area contributed by atoms with E-state index in [1.54, 1.807) is 0 Å². The van der Waals surface area contributed by atoms with Gasteiger partial charge in [0.1, 0.15) is 25.1 Å². The van der Waals surface area contributed by atoms with Crippen molar-refractivity contribution in [3.05, 3.63) is 39.2 Å². The third-order valence-electron chi connectivity index (χ3n) is 2.70. The summed E-state index contributed by atoms with van der Waals surface area (Å²) in [7, 11) is 0. The van der Waals surface area contributed by atoms with Crippen LogP contribution >= 0.6 is 0 Å². The highest BCUT2D eigenvalue weighted by Gasteiger charge is 2.36. The van der Waals surface area contributed by atoms with Crippen molar-refractivity contribution in [1.82, 2.24) is 9.55 Å². The van der Waals surface area contributed by atoms with Crippen LogP contribution in [0, 0.1) is 13.5 Å². The van der Waals surface area contributed by atoms with Gasteiger partial charge < -0.3 is 9.84 Å². The molecule has 2 N–H and O–H groups in total. The van der Waals surface area contributed by atoms with Gasteiger partial charge in [-0.05, 0) is 6.92 Å². The number of ether oxygens (including phenoxy) is 1. The van der Waals surface area contributed by atoms with Gasteiger partial charge in [-0.15, -0.1) is 0 Å². The Morgan fingerprint density at radius 1 is 1.65 bits per heavy atom. The van der Waals surface area contributed by atoms with Crippen LogP contribution in [0.4, 0.5) is 4.39 Å². The highest BCUT2D eigenvalue weighted by molar-refractivity contribution is 5.02. The summed E-state index contributed by atoms with van der Waals surface area (Å²) in [6, 6.07) is 0. The minimum atomic E-state index is -1.37. The lowest BCUT2D eigenvalue weighted by atomic mass is 10.2. The van der Waals surface area contributed by atoms with E-state index in [2.05, 4.69) is 4.98 Å². The summed E-state index contributed by atoms with van der Waals surface area (Å²) < 4.78 is 19.6. The van der Waals surface area contributed by atoms with Crippen molar-refractivity contribution in [2.24, 2.45) is 0 Å². The molecule has 93 valence electrons. The minimum Gasteiger partial charge on any atom is -0.387 e. The first-order valence-electron chi connectivity index (χ1n) is 5.12. The molecule has 2 heterocycles. The summed E-state index contributed by atoms with van der Waals surface area (Å²) in [5.74, 6) is 0. The van der Waals surface area contributed by atoms with Crippen molar-refractivity contribution in [1.29, 1.82) is 0 Å². The lowest BCUT2D eigenvalue weighted by molar-refractivity contribution is -0.0137. The molecule has 1 radical (unpaired) electrons. The molecule has 1 aromatic heterocycles. The van der Waals surface area contributed by atoms with Gasteiger partial charge in [0, 0.05) is 18.2 Å². The number of aromatic amines is 1. The van der Waals surface area contributed by atoms with Crippen LogP contribution in [0.15, 0.2) is 15.8 Å². The predicted octanol–water partition coefficient (Wildman–Crippen LogP) is 0.00491. The van der Waals surface area contributed by atoms with E-state index in [1.165, 1.54) is 13.1 Å². The van der Waals surface area contributed by atoms with E-state index in [9.17, 15) is 14.0 Å². The number of H-pyrrole nitrogens is 1. The fourth-order valence-corrected chi connectivity index (χ4v) is 1.76. The molecule has 3 atom stereocenters. The average molecular weight is 243 g/mol. The van der Waals surface area contributed by atoms with E-state index in [0.717, 1.165) is 4.57 Å². The fraction of sp³-hybridized carbons (Fsp3) is 0.500. The van der Waals surface area contributed by atoms with Crippen molar-refractivity contribution >= 4 is 0 Å². The van der Waals surface area contributed by atoms with Gasteiger partial charge in [0.05, 0.1) is 0 Å². The SMILES string of the molecule is Cc1cn([C@H]2CC(F)[C@@H]([CH]O)O2)c(=O)[nH]c1=O. The summed E-state index contributed by atoms with van der Waals surface area (Å²) in [4.78, 5) is 24.8. The van der Waals surface area contributed by atoms with Crippen LogP contribution in [0.3, 0.4) is 0 Å². The molecular weight excluding hydrogens is 231 g/mol. The Kier molecular flexibility index (Phi) is 3.12. The Hall–Kier alpha value is -1.47. The maximum atomic E-state index is 13.3. The van der Waals surface area contributed by atoms with Gasteiger partial charge in [0.15, 0.2) is 0 Å². The number of nitrogens with zero attached hydrogens (tertiary/aromatic N) is 1. The highest BCUT2D eigenvalue weighted by Crippen LogP contribution is 2.30. The van der Waals surface area contributed by atoms with E-state index < -0.39 is 29.8 Å². The molecule has 0 aliphatic carbocycles. The summed E-state index contributed by atoms with van der Waals surface area (Å²) >= 11 is 0. The normalized spacial score (nSPS) is 28.5. The van der Waals surface area contributed by atoms with Crippen LogP contribution in [0.5, 0.6) is 0 Å². The number of hydrogen-bond donors (Lipinski definition) is 2. The number of hydrogen-bond acceptors (Lipinski definition) is 4. The third-order valence-corrected chi connectivity index (χ3v) is 2.70. The zero-order valence-corrected chi connectivity index (χ0v) is 9.09. The second kappa shape index (κ2) is 4.42. The number of aliphatic hydroxyl groups excluding tert-OH is 1. The number of nitrogens with one attached hydrogen (secondary N) is 1. The number of rotatable bonds is 2. The fourth-order valence-electron chi connectivity index (χ4n) is 1.76. The van der Waals surface area contributed by atoms with Crippen LogP contribution in [-0.4, -0.2) is 26.9 Å². The molecule has 1 aliphatic heterocycles. The molecule has 1 unspecified atom stereocenters. The average Bonchev–Trinajstić information content (AvgIpc) is 2.65. The molecule has 0 spiro atoms. The lowest BCUT2D eigenvalue weighted by Crippen LogP contribution is -2.33. The minimum absolute atomic E-state index is 0.0485. The molecule has 1 aliphatic rings. The number of alkyl halides is 1. The maximum Gasteiger partial charge on any atom is 0.330 e. The van der Waals surface area contributed by atoms with E-state index in [-0.39, 0.29) is 6.42 Å². The number of aromatic nitrogens is 2. The third kappa shape index (κ3) is 2.16.